The molecule has 88 valence electrons. The van der Waals surface area contributed by atoms with E-state index in [1.165, 1.54) is 32.1 Å². The fourth-order valence-electron chi connectivity index (χ4n) is 2.28. The molecular formula is C12H24N2S. The van der Waals surface area contributed by atoms with E-state index in [-0.39, 0.29) is 0 Å². The molecule has 1 heterocycles. The average Bonchev–Trinajstić information content (AvgIpc) is 2.18. The summed E-state index contributed by atoms with van der Waals surface area (Å²) in [7, 11) is 0. The summed E-state index contributed by atoms with van der Waals surface area (Å²) in [6.07, 6.45) is 6.33. The highest BCUT2D eigenvalue weighted by Crippen LogP contribution is 2.22. The number of nitrogens with zero attached hydrogens (tertiary/aromatic N) is 1. The smallest absolute Gasteiger partial charge is 0.169 e. The number of piperidine rings is 1. The van der Waals surface area contributed by atoms with Gasteiger partial charge >= 0.3 is 0 Å². The van der Waals surface area contributed by atoms with Crippen molar-refractivity contribution in [2.45, 2.75) is 65.0 Å². The van der Waals surface area contributed by atoms with Crippen molar-refractivity contribution in [3.8, 4) is 0 Å². The summed E-state index contributed by atoms with van der Waals surface area (Å²) in [5.41, 5.74) is 0. The van der Waals surface area contributed by atoms with Crippen LogP contribution in [0.2, 0.25) is 0 Å². The second kappa shape index (κ2) is 6.31. The fraction of sp³-hybridized carbons (Fsp3) is 0.917. The number of hydrogen-bond donors (Lipinski definition) is 1. The maximum atomic E-state index is 5.46. The minimum atomic E-state index is 0.607. The van der Waals surface area contributed by atoms with Crippen LogP contribution in [0.4, 0.5) is 0 Å². The predicted octanol–water partition coefficient (Wildman–Crippen LogP) is 2.92. The predicted molar refractivity (Wildman–Crippen MR) is 70.1 cm³/mol. The molecule has 1 rings (SSSR count). The van der Waals surface area contributed by atoms with Gasteiger partial charge < -0.3 is 10.2 Å². The van der Waals surface area contributed by atoms with E-state index in [9.17, 15) is 0 Å². The first-order valence-electron chi connectivity index (χ1n) is 6.23. The van der Waals surface area contributed by atoms with Crippen molar-refractivity contribution in [2.75, 3.05) is 6.54 Å². The first kappa shape index (κ1) is 12.8. The van der Waals surface area contributed by atoms with E-state index in [1.807, 2.05) is 0 Å². The third-order valence-electron chi connectivity index (χ3n) is 3.23. The maximum absolute atomic E-state index is 5.46. The molecule has 1 saturated heterocycles. The topological polar surface area (TPSA) is 15.3 Å². The Kier molecular flexibility index (Phi) is 5.37. The van der Waals surface area contributed by atoms with Crippen LogP contribution < -0.4 is 5.32 Å². The molecule has 0 aromatic carbocycles. The van der Waals surface area contributed by atoms with Gasteiger partial charge in [0.2, 0.25) is 0 Å². The molecule has 2 unspecified atom stereocenters. The Morgan fingerprint density at radius 3 is 2.47 bits per heavy atom. The zero-order valence-corrected chi connectivity index (χ0v) is 11.1. The highest BCUT2D eigenvalue weighted by Gasteiger charge is 2.26. The van der Waals surface area contributed by atoms with Crippen molar-refractivity contribution in [2.24, 2.45) is 0 Å². The molecule has 2 nitrogen and oxygen atoms in total. The fourth-order valence-corrected chi connectivity index (χ4v) is 2.75. The molecule has 2 atom stereocenters. The van der Waals surface area contributed by atoms with E-state index in [0.717, 1.165) is 11.7 Å². The summed E-state index contributed by atoms with van der Waals surface area (Å²) < 4.78 is 0. The summed E-state index contributed by atoms with van der Waals surface area (Å²) in [4.78, 5) is 2.38. The van der Waals surface area contributed by atoms with Gasteiger partial charge in [-0.15, -0.1) is 0 Å². The number of unbranched alkanes of at least 4 members (excludes halogenated alkanes) is 1. The van der Waals surface area contributed by atoms with Crippen LogP contribution in [0.5, 0.6) is 0 Å². The van der Waals surface area contributed by atoms with Crippen molar-refractivity contribution in [1.82, 2.24) is 10.2 Å². The van der Waals surface area contributed by atoms with E-state index in [0.29, 0.717) is 12.1 Å². The summed E-state index contributed by atoms with van der Waals surface area (Å²) >= 11 is 5.46. The molecule has 0 aromatic heterocycles. The molecule has 0 saturated carbocycles. The summed E-state index contributed by atoms with van der Waals surface area (Å²) in [5.74, 6) is 0. The van der Waals surface area contributed by atoms with Crippen molar-refractivity contribution in [1.29, 1.82) is 0 Å². The molecule has 0 aliphatic carbocycles. The lowest BCUT2D eigenvalue weighted by molar-refractivity contribution is 0.189. The summed E-state index contributed by atoms with van der Waals surface area (Å²) in [6.45, 7) is 7.79. The molecule has 1 aliphatic rings. The maximum Gasteiger partial charge on any atom is 0.169 e. The first-order chi connectivity index (χ1) is 7.16. The van der Waals surface area contributed by atoms with Gasteiger partial charge in [-0.3, -0.25) is 0 Å². The lowest BCUT2D eigenvalue weighted by Crippen LogP contribution is -2.51. The largest absolute Gasteiger partial charge is 0.363 e. The average molecular weight is 228 g/mol. The molecule has 0 spiro atoms. The van der Waals surface area contributed by atoms with Crippen LogP contribution >= 0.6 is 12.2 Å². The zero-order valence-electron chi connectivity index (χ0n) is 10.3. The van der Waals surface area contributed by atoms with Crippen molar-refractivity contribution < 1.29 is 0 Å². The zero-order chi connectivity index (χ0) is 11.3. The van der Waals surface area contributed by atoms with E-state index < -0.39 is 0 Å². The molecule has 1 aliphatic heterocycles. The van der Waals surface area contributed by atoms with Gasteiger partial charge in [-0.05, 0) is 51.7 Å². The Bertz CT molecular complexity index is 196. The van der Waals surface area contributed by atoms with Gasteiger partial charge in [-0.25, -0.2) is 0 Å². The van der Waals surface area contributed by atoms with Crippen LogP contribution in [0.3, 0.4) is 0 Å². The highest BCUT2D eigenvalue weighted by molar-refractivity contribution is 7.80. The van der Waals surface area contributed by atoms with E-state index >= 15 is 0 Å². The Morgan fingerprint density at radius 2 is 1.93 bits per heavy atom. The number of thiocarbonyl (C=S) groups is 1. The molecule has 0 amide bonds. The Labute approximate surface area is 99.4 Å². The Hall–Kier alpha value is -0.310. The van der Waals surface area contributed by atoms with Crippen molar-refractivity contribution >= 4 is 17.3 Å². The standard InChI is InChI=1S/C12H24N2S/c1-4-5-9-13-12(15)14-10(2)7-6-8-11(14)3/h10-11H,4-9H2,1-3H3,(H,13,15). The molecular weight excluding hydrogens is 204 g/mol. The van der Waals surface area contributed by atoms with E-state index in [1.54, 1.807) is 0 Å². The number of likely N-dealkylation sites (tertiary alicyclic amines) is 1. The van der Waals surface area contributed by atoms with Gasteiger partial charge in [-0.2, -0.15) is 0 Å². The monoisotopic (exact) mass is 228 g/mol. The third kappa shape index (κ3) is 3.63. The molecule has 1 N–H and O–H groups in total. The van der Waals surface area contributed by atoms with Gasteiger partial charge in [-0.1, -0.05) is 13.3 Å². The van der Waals surface area contributed by atoms with Gasteiger partial charge in [0.25, 0.3) is 0 Å². The van der Waals surface area contributed by atoms with Crippen LogP contribution in [0, 0.1) is 0 Å². The highest BCUT2D eigenvalue weighted by atomic mass is 32.1. The van der Waals surface area contributed by atoms with Crippen molar-refractivity contribution in [3.63, 3.8) is 0 Å². The molecule has 0 aromatic rings. The lowest BCUT2D eigenvalue weighted by Gasteiger charge is -2.40. The molecule has 0 bridgehead atoms. The minimum Gasteiger partial charge on any atom is -0.363 e. The second-order valence-corrected chi connectivity index (χ2v) is 5.01. The third-order valence-corrected chi connectivity index (χ3v) is 3.59. The van der Waals surface area contributed by atoms with Crippen LogP contribution in [0.1, 0.15) is 52.9 Å². The van der Waals surface area contributed by atoms with Crippen molar-refractivity contribution in [3.05, 3.63) is 0 Å². The van der Waals surface area contributed by atoms with E-state index in [4.69, 9.17) is 12.2 Å². The van der Waals surface area contributed by atoms with Gasteiger partial charge in [0.1, 0.15) is 0 Å². The molecule has 1 fully saturated rings. The van der Waals surface area contributed by atoms with Crippen LogP contribution in [-0.4, -0.2) is 28.6 Å². The molecule has 15 heavy (non-hydrogen) atoms. The van der Waals surface area contributed by atoms with E-state index in [2.05, 4.69) is 31.0 Å². The Morgan fingerprint density at radius 1 is 1.33 bits per heavy atom. The second-order valence-electron chi connectivity index (χ2n) is 4.62. The molecule has 3 heteroatoms. The van der Waals surface area contributed by atoms with Crippen LogP contribution in [0.25, 0.3) is 0 Å². The first-order valence-corrected chi connectivity index (χ1v) is 6.63. The SMILES string of the molecule is CCCCNC(=S)N1C(C)CCCC1C. The molecule has 0 radical (unpaired) electrons. The number of rotatable bonds is 3. The lowest BCUT2D eigenvalue weighted by atomic mass is 9.98. The van der Waals surface area contributed by atoms with Gasteiger partial charge in [0, 0.05) is 18.6 Å². The van der Waals surface area contributed by atoms with Crippen LogP contribution in [0.15, 0.2) is 0 Å². The minimum absolute atomic E-state index is 0.607. The Balaban J connectivity index is 2.41. The number of nitrogens with one attached hydrogen (secondary N) is 1. The summed E-state index contributed by atoms with van der Waals surface area (Å²) in [6, 6.07) is 1.21. The van der Waals surface area contributed by atoms with Gasteiger partial charge in [0.05, 0.1) is 0 Å². The number of hydrogen-bond acceptors (Lipinski definition) is 1. The van der Waals surface area contributed by atoms with Crippen LogP contribution in [-0.2, 0) is 0 Å². The van der Waals surface area contributed by atoms with Gasteiger partial charge in [0.15, 0.2) is 5.11 Å². The summed E-state index contributed by atoms with van der Waals surface area (Å²) in [5, 5.41) is 4.33. The quantitative estimate of drug-likeness (QED) is 0.590. The normalized spacial score (nSPS) is 26.5.